The fourth-order valence-corrected chi connectivity index (χ4v) is 1.76. The number of rotatable bonds is 5. The van der Waals surface area contributed by atoms with E-state index in [4.69, 9.17) is 0 Å². The first-order valence-electron chi connectivity index (χ1n) is 5.61. The third kappa shape index (κ3) is 4.38. The Hall–Kier alpha value is -1.03. The van der Waals surface area contributed by atoms with E-state index in [0.717, 1.165) is 12.0 Å². The molecule has 0 aliphatic carbocycles. The molecule has 0 heterocycles. The number of carbonyl (C=O) groups is 1. The molecule has 2 nitrogen and oxygen atoms in total. The third-order valence-corrected chi connectivity index (χ3v) is 3.65. The van der Waals surface area contributed by atoms with Crippen LogP contribution in [0.4, 0.5) is 4.39 Å². The molecule has 1 N–H and O–H groups in total. The molecular formula is C13H18FNOS. The van der Waals surface area contributed by atoms with E-state index in [9.17, 15) is 9.18 Å². The fraction of sp³-hybridized carbons (Fsp3) is 0.462. The molecule has 1 atom stereocenters. The van der Waals surface area contributed by atoms with E-state index >= 15 is 0 Å². The molecule has 1 unspecified atom stereocenters. The van der Waals surface area contributed by atoms with Gasteiger partial charge >= 0.3 is 0 Å². The van der Waals surface area contributed by atoms with Crippen molar-refractivity contribution in [3.05, 3.63) is 35.1 Å². The van der Waals surface area contributed by atoms with Gasteiger partial charge in [-0.05, 0) is 37.3 Å². The lowest BCUT2D eigenvalue weighted by atomic mass is 10.1. The van der Waals surface area contributed by atoms with Crippen LogP contribution in [0.15, 0.2) is 18.2 Å². The van der Waals surface area contributed by atoms with Gasteiger partial charge in [-0.2, -0.15) is 11.8 Å². The van der Waals surface area contributed by atoms with Crippen LogP contribution < -0.4 is 5.32 Å². The molecule has 4 heteroatoms. The first-order valence-corrected chi connectivity index (χ1v) is 6.90. The summed E-state index contributed by atoms with van der Waals surface area (Å²) in [5.74, 6) is -0.795. The Balaban J connectivity index is 2.52. The number of halogens is 1. The number of hydrogen-bond donors (Lipinski definition) is 1. The van der Waals surface area contributed by atoms with Crippen LogP contribution in [-0.2, 0) is 0 Å². The van der Waals surface area contributed by atoms with Gasteiger partial charge in [-0.15, -0.1) is 0 Å². The molecule has 1 aromatic rings. The number of nitrogens with one attached hydrogen (secondary N) is 1. The van der Waals surface area contributed by atoms with Gasteiger partial charge in [0.25, 0.3) is 5.91 Å². The summed E-state index contributed by atoms with van der Waals surface area (Å²) in [5.41, 5.74) is 0.933. The number of hydrogen-bond acceptors (Lipinski definition) is 2. The van der Waals surface area contributed by atoms with Crippen molar-refractivity contribution in [1.29, 1.82) is 0 Å². The summed E-state index contributed by atoms with van der Waals surface area (Å²) in [7, 11) is 0. The Labute approximate surface area is 106 Å². The molecule has 17 heavy (non-hydrogen) atoms. The third-order valence-electron chi connectivity index (χ3n) is 2.61. The normalized spacial score (nSPS) is 12.2. The maximum Gasteiger partial charge on any atom is 0.254 e. The summed E-state index contributed by atoms with van der Waals surface area (Å²) in [6.07, 6.45) is 2.92. The number of benzene rings is 1. The van der Waals surface area contributed by atoms with Crippen LogP contribution in [0.2, 0.25) is 0 Å². The maximum atomic E-state index is 13.5. The van der Waals surface area contributed by atoms with E-state index in [0.29, 0.717) is 11.8 Å². The number of carbonyl (C=O) groups excluding carboxylic acids is 1. The molecule has 0 aliphatic heterocycles. The van der Waals surface area contributed by atoms with Gasteiger partial charge in [0.2, 0.25) is 0 Å². The predicted octanol–water partition coefficient (Wildman–Crippen LogP) is 3.01. The van der Waals surface area contributed by atoms with Gasteiger partial charge in [-0.25, -0.2) is 4.39 Å². The van der Waals surface area contributed by atoms with Gasteiger partial charge in [0, 0.05) is 11.8 Å². The van der Waals surface area contributed by atoms with E-state index in [1.165, 1.54) is 12.1 Å². The van der Waals surface area contributed by atoms with Crippen molar-refractivity contribution in [2.24, 2.45) is 0 Å². The number of thioether (sulfide) groups is 1. The highest BCUT2D eigenvalue weighted by molar-refractivity contribution is 7.99. The summed E-state index contributed by atoms with van der Waals surface area (Å²) in [5, 5.41) is 3.23. The molecule has 0 bridgehead atoms. The molecule has 0 fully saturated rings. The SMILES string of the molecule is CSC(C)CCNC(=O)c1ccc(C)cc1F. The van der Waals surface area contributed by atoms with E-state index in [1.54, 1.807) is 24.8 Å². The average Bonchev–Trinajstić information content (AvgIpc) is 2.28. The predicted molar refractivity (Wildman–Crippen MR) is 71.1 cm³/mol. The topological polar surface area (TPSA) is 29.1 Å². The zero-order valence-corrected chi connectivity index (χ0v) is 11.2. The van der Waals surface area contributed by atoms with Gasteiger partial charge in [0.1, 0.15) is 5.82 Å². The summed E-state index contributed by atoms with van der Waals surface area (Å²) in [6, 6.07) is 4.64. The molecule has 0 radical (unpaired) electrons. The lowest BCUT2D eigenvalue weighted by Crippen LogP contribution is -2.26. The van der Waals surface area contributed by atoms with Crippen LogP contribution in [-0.4, -0.2) is 24.0 Å². The quantitative estimate of drug-likeness (QED) is 0.876. The van der Waals surface area contributed by atoms with Gasteiger partial charge < -0.3 is 5.32 Å². The Morgan fingerprint density at radius 1 is 1.53 bits per heavy atom. The minimum atomic E-state index is -0.458. The molecule has 1 rings (SSSR count). The fourth-order valence-electron chi connectivity index (χ4n) is 1.41. The lowest BCUT2D eigenvalue weighted by molar-refractivity contribution is 0.0949. The van der Waals surface area contributed by atoms with Gasteiger partial charge in [-0.3, -0.25) is 4.79 Å². The van der Waals surface area contributed by atoms with Crippen molar-refractivity contribution in [3.63, 3.8) is 0 Å². The second-order valence-corrected chi connectivity index (χ2v) is 5.35. The molecule has 0 aromatic heterocycles. The summed E-state index contributed by atoms with van der Waals surface area (Å²) in [6.45, 7) is 4.47. The molecular weight excluding hydrogens is 237 g/mol. The minimum absolute atomic E-state index is 0.118. The zero-order valence-electron chi connectivity index (χ0n) is 10.4. The van der Waals surface area contributed by atoms with Crippen molar-refractivity contribution < 1.29 is 9.18 Å². The van der Waals surface area contributed by atoms with Crippen molar-refractivity contribution in [3.8, 4) is 0 Å². The minimum Gasteiger partial charge on any atom is -0.352 e. The zero-order chi connectivity index (χ0) is 12.8. The van der Waals surface area contributed by atoms with Crippen LogP contribution >= 0.6 is 11.8 Å². The Kier molecular flexibility index (Phi) is 5.48. The monoisotopic (exact) mass is 255 g/mol. The van der Waals surface area contributed by atoms with E-state index in [-0.39, 0.29) is 11.5 Å². The number of amides is 1. The van der Waals surface area contributed by atoms with Gasteiger partial charge in [0.05, 0.1) is 5.56 Å². The van der Waals surface area contributed by atoms with Crippen LogP contribution in [0.1, 0.15) is 29.3 Å². The Morgan fingerprint density at radius 2 is 2.24 bits per heavy atom. The maximum absolute atomic E-state index is 13.5. The van der Waals surface area contributed by atoms with Gasteiger partial charge in [0.15, 0.2) is 0 Å². The van der Waals surface area contributed by atoms with Crippen molar-refractivity contribution in [2.75, 3.05) is 12.8 Å². The van der Waals surface area contributed by atoms with Crippen LogP contribution in [0.25, 0.3) is 0 Å². The average molecular weight is 255 g/mol. The van der Waals surface area contributed by atoms with E-state index < -0.39 is 5.82 Å². The largest absolute Gasteiger partial charge is 0.352 e. The molecule has 0 saturated heterocycles. The second kappa shape index (κ2) is 6.64. The van der Waals surface area contributed by atoms with E-state index in [2.05, 4.69) is 12.2 Å². The van der Waals surface area contributed by atoms with Crippen molar-refractivity contribution in [1.82, 2.24) is 5.32 Å². The Bertz CT molecular complexity index is 395. The molecule has 1 aromatic carbocycles. The lowest BCUT2D eigenvalue weighted by Gasteiger charge is -2.09. The second-order valence-electron chi connectivity index (χ2n) is 4.07. The summed E-state index contributed by atoms with van der Waals surface area (Å²) < 4.78 is 13.5. The highest BCUT2D eigenvalue weighted by Crippen LogP contribution is 2.11. The van der Waals surface area contributed by atoms with Crippen molar-refractivity contribution >= 4 is 17.7 Å². The summed E-state index contributed by atoms with van der Waals surface area (Å²) >= 11 is 1.75. The highest BCUT2D eigenvalue weighted by Gasteiger charge is 2.11. The van der Waals surface area contributed by atoms with Crippen LogP contribution in [0, 0.1) is 12.7 Å². The molecule has 0 spiro atoms. The Morgan fingerprint density at radius 3 is 2.82 bits per heavy atom. The molecule has 0 aliphatic rings. The van der Waals surface area contributed by atoms with Gasteiger partial charge in [-0.1, -0.05) is 13.0 Å². The number of aryl methyl sites for hydroxylation is 1. The standard InChI is InChI=1S/C13H18FNOS/c1-9-4-5-11(12(14)8-9)13(16)15-7-6-10(2)17-3/h4-5,8,10H,6-7H2,1-3H3,(H,15,16). The molecule has 1 amide bonds. The highest BCUT2D eigenvalue weighted by atomic mass is 32.2. The molecule has 0 saturated carbocycles. The first kappa shape index (κ1) is 14.0. The van der Waals surface area contributed by atoms with Crippen LogP contribution in [0.3, 0.4) is 0 Å². The first-order chi connectivity index (χ1) is 8.04. The molecule has 94 valence electrons. The van der Waals surface area contributed by atoms with E-state index in [1.807, 2.05) is 6.26 Å². The van der Waals surface area contributed by atoms with Crippen LogP contribution in [0.5, 0.6) is 0 Å². The summed E-state index contributed by atoms with van der Waals surface area (Å²) in [4.78, 5) is 11.7. The smallest absolute Gasteiger partial charge is 0.254 e. The van der Waals surface area contributed by atoms with Crippen molar-refractivity contribution in [2.45, 2.75) is 25.5 Å².